The van der Waals surface area contributed by atoms with Gasteiger partial charge in [-0.2, -0.15) is 0 Å². The van der Waals surface area contributed by atoms with E-state index in [1.165, 1.54) is 0 Å². The standard InChI is InChI=1S/C15H21NO3/c1-3-13-4-5-14(17-2)15(12-13)19-11-8-16-6-9-18-10-7-16/h3-5,12H,1,6-11H2,2H3. The Morgan fingerprint density at radius 1 is 1.32 bits per heavy atom. The first-order chi connectivity index (χ1) is 9.33. The van der Waals surface area contributed by atoms with Gasteiger partial charge in [-0.3, -0.25) is 4.90 Å². The van der Waals surface area contributed by atoms with E-state index in [1.807, 2.05) is 18.2 Å². The Balaban J connectivity index is 1.88. The normalized spacial score (nSPS) is 16.1. The van der Waals surface area contributed by atoms with E-state index in [4.69, 9.17) is 14.2 Å². The number of methoxy groups -OCH3 is 1. The van der Waals surface area contributed by atoms with Gasteiger partial charge in [-0.15, -0.1) is 0 Å². The summed E-state index contributed by atoms with van der Waals surface area (Å²) in [5, 5.41) is 0. The summed E-state index contributed by atoms with van der Waals surface area (Å²) in [6, 6.07) is 5.81. The second-order valence-electron chi connectivity index (χ2n) is 4.42. The number of rotatable bonds is 6. The lowest BCUT2D eigenvalue weighted by atomic mass is 10.2. The van der Waals surface area contributed by atoms with Crippen molar-refractivity contribution in [3.63, 3.8) is 0 Å². The number of benzene rings is 1. The average Bonchev–Trinajstić information content (AvgIpc) is 2.48. The molecule has 1 heterocycles. The molecule has 1 aliphatic rings. The quantitative estimate of drug-likeness (QED) is 0.786. The van der Waals surface area contributed by atoms with Crippen molar-refractivity contribution in [3.05, 3.63) is 30.3 Å². The van der Waals surface area contributed by atoms with Crippen LogP contribution in [0.4, 0.5) is 0 Å². The second kappa shape index (κ2) is 7.16. The maximum Gasteiger partial charge on any atom is 0.161 e. The van der Waals surface area contributed by atoms with Crippen LogP contribution in [0.2, 0.25) is 0 Å². The Bertz CT molecular complexity index is 414. The molecule has 4 nitrogen and oxygen atoms in total. The summed E-state index contributed by atoms with van der Waals surface area (Å²) in [6.45, 7) is 8.91. The van der Waals surface area contributed by atoms with Crippen molar-refractivity contribution in [2.75, 3.05) is 46.6 Å². The van der Waals surface area contributed by atoms with Gasteiger partial charge in [0.2, 0.25) is 0 Å². The zero-order valence-corrected chi connectivity index (χ0v) is 11.4. The molecule has 19 heavy (non-hydrogen) atoms. The molecule has 0 aromatic heterocycles. The lowest BCUT2D eigenvalue weighted by Crippen LogP contribution is -2.38. The molecular weight excluding hydrogens is 242 g/mol. The summed E-state index contributed by atoms with van der Waals surface area (Å²) in [4.78, 5) is 2.34. The minimum atomic E-state index is 0.650. The van der Waals surface area contributed by atoms with E-state index in [1.54, 1.807) is 13.2 Å². The number of hydrogen-bond donors (Lipinski definition) is 0. The fraction of sp³-hybridized carbons (Fsp3) is 0.467. The zero-order valence-electron chi connectivity index (χ0n) is 11.4. The Kier molecular flexibility index (Phi) is 5.24. The summed E-state index contributed by atoms with van der Waals surface area (Å²) in [6.07, 6.45) is 1.80. The number of hydrogen-bond acceptors (Lipinski definition) is 4. The van der Waals surface area contributed by atoms with Crippen molar-refractivity contribution in [1.82, 2.24) is 4.90 Å². The van der Waals surface area contributed by atoms with Gasteiger partial charge in [0.25, 0.3) is 0 Å². The van der Waals surface area contributed by atoms with E-state index in [2.05, 4.69) is 11.5 Å². The van der Waals surface area contributed by atoms with Crippen molar-refractivity contribution in [2.45, 2.75) is 0 Å². The fourth-order valence-electron chi connectivity index (χ4n) is 2.04. The highest BCUT2D eigenvalue weighted by Crippen LogP contribution is 2.28. The third-order valence-electron chi connectivity index (χ3n) is 3.19. The molecular formula is C15H21NO3. The minimum absolute atomic E-state index is 0.650. The minimum Gasteiger partial charge on any atom is -0.493 e. The lowest BCUT2D eigenvalue weighted by molar-refractivity contribution is 0.0321. The number of nitrogens with zero attached hydrogens (tertiary/aromatic N) is 1. The van der Waals surface area contributed by atoms with E-state index in [-0.39, 0.29) is 0 Å². The van der Waals surface area contributed by atoms with Crippen LogP contribution in [0.15, 0.2) is 24.8 Å². The van der Waals surface area contributed by atoms with Crippen LogP contribution in [-0.4, -0.2) is 51.5 Å². The largest absolute Gasteiger partial charge is 0.493 e. The van der Waals surface area contributed by atoms with Crippen LogP contribution in [0, 0.1) is 0 Å². The summed E-state index contributed by atoms with van der Waals surface area (Å²) < 4.78 is 16.4. The van der Waals surface area contributed by atoms with Gasteiger partial charge in [0, 0.05) is 19.6 Å². The first-order valence-electron chi connectivity index (χ1n) is 6.57. The van der Waals surface area contributed by atoms with Crippen molar-refractivity contribution < 1.29 is 14.2 Å². The molecule has 1 aromatic rings. The SMILES string of the molecule is C=Cc1ccc(OC)c(OCCN2CCOCC2)c1. The van der Waals surface area contributed by atoms with Crippen LogP contribution >= 0.6 is 0 Å². The first kappa shape index (κ1) is 13.9. The van der Waals surface area contributed by atoms with Crippen LogP contribution < -0.4 is 9.47 Å². The molecule has 1 fully saturated rings. The average molecular weight is 263 g/mol. The van der Waals surface area contributed by atoms with Crippen LogP contribution in [0.3, 0.4) is 0 Å². The van der Waals surface area contributed by atoms with E-state index >= 15 is 0 Å². The molecule has 0 aliphatic carbocycles. The molecule has 1 aromatic carbocycles. The molecule has 0 unspecified atom stereocenters. The van der Waals surface area contributed by atoms with E-state index in [0.29, 0.717) is 6.61 Å². The third kappa shape index (κ3) is 3.98. The van der Waals surface area contributed by atoms with E-state index in [9.17, 15) is 0 Å². The van der Waals surface area contributed by atoms with Crippen molar-refractivity contribution >= 4 is 6.08 Å². The molecule has 104 valence electrons. The summed E-state index contributed by atoms with van der Waals surface area (Å²) in [7, 11) is 1.65. The second-order valence-corrected chi connectivity index (χ2v) is 4.42. The van der Waals surface area contributed by atoms with Gasteiger partial charge >= 0.3 is 0 Å². The Labute approximate surface area is 114 Å². The van der Waals surface area contributed by atoms with Crippen LogP contribution in [-0.2, 0) is 4.74 Å². The third-order valence-corrected chi connectivity index (χ3v) is 3.19. The van der Waals surface area contributed by atoms with Gasteiger partial charge in [0.1, 0.15) is 6.61 Å². The Morgan fingerprint density at radius 2 is 2.11 bits per heavy atom. The van der Waals surface area contributed by atoms with Crippen molar-refractivity contribution in [3.8, 4) is 11.5 Å². The maximum absolute atomic E-state index is 5.82. The summed E-state index contributed by atoms with van der Waals surface area (Å²) in [5.41, 5.74) is 1.03. The van der Waals surface area contributed by atoms with E-state index < -0.39 is 0 Å². The molecule has 0 radical (unpaired) electrons. The van der Waals surface area contributed by atoms with Crippen LogP contribution in [0.5, 0.6) is 11.5 Å². The van der Waals surface area contributed by atoms with Gasteiger partial charge in [-0.25, -0.2) is 0 Å². The zero-order chi connectivity index (χ0) is 13.5. The molecule has 1 aliphatic heterocycles. The topological polar surface area (TPSA) is 30.9 Å². The molecule has 0 N–H and O–H groups in total. The molecule has 0 atom stereocenters. The summed E-state index contributed by atoms with van der Waals surface area (Å²) >= 11 is 0. The highest BCUT2D eigenvalue weighted by Gasteiger charge is 2.11. The number of morpholine rings is 1. The Hall–Kier alpha value is -1.52. The predicted octanol–water partition coefficient (Wildman–Crippen LogP) is 2.05. The predicted molar refractivity (Wildman–Crippen MR) is 75.8 cm³/mol. The lowest BCUT2D eigenvalue weighted by Gasteiger charge is -2.26. The smallest absolute Gasteiger partial charge is 0.161 e. The molecule has 0 bridgehead atoms. The highest BCUT2D eigenvalue weighted by molar-refractivity contribution is 5.54. The maximum atomic E-state index is 5.82. The molecule has 0 spiro atoms. The fourth-order valence-corrected chi connectivity index (χ4v) is 2.04. The van der Waals surface area contributed by atoms with Crippen molar-refractivity contribution in [1.29, 1.82) is 0 Å². The van der Waals surface area contributed by atoms with Gasteiger partial charge in [-0.05, 0) is 17.7 Å². The van der Waals surface area contributed by atoms with Crippen LogP contribution in [0.1, 0.15) is 5.56 Å². The molecule has 0 saturated carbocycles. The molecule has 1 saturated heterocycles. The highest BCUT2D eigenvalue weighted by atomic mass is 16.5. The van der Waals surface area contributed by atoms with Gasteiger partial charge < -0.3 is 14.2 Å². The van der Waals surface area contributed by atoms with Gasteiger partial charge in [0.15, 0.2) is 11.5 Å². The molecule has 0 amide bonds. The summed E-state index contributed by atoms with van der Waals surface area (Å²) in [5.74, 6) is 1.53. The number of ether oxygens (including phenoxy) is 3. The first-order valence-corrected chi connectivity index (χ1v) is 6.57. The van der Waals surface area contributed by atoms with Crippen LogP contribution in [0.25, 0.3) is 6.08 Å². The Morgan fingerprint density at radius 3 is 2.79 bits per heavy atom. The van der Waals surface area contributed by atoms with Crippen molar-refractivity contribution in [2.24, 2.45) is 0 Å². The molecule has 2 rings (SSSR count). The van der Waals surface area contributed by atoms with Gasteiger partial charge in [-0.1, -0.05) is 18.7 Å². The molecule has 4 heteroatoms. The monoisotopic (exact) mass is 263 g/mol. The van der Waals surface area contributed by atoms with Gasteiger partial charge in [0.05, 0.1) is 20.3 Å². The van der Waals surface area contributed by atoms with E-state index in [0.717, 1.165) is 49.9 Å².